The molecule has 1 fully saturated rings. The highest BCUT2D eigenvalue weighted by molar-refractivity contribution is 7.92. The molecule has 6 nitrogen and oxygen atoms in total. The Morgan fingerprint density at radius 3 is 2.39 bits per heavy atom. The van der Waals surface area contributed by atoms with E-state index in [1.165, 1.54) is 12.1 Å². The lowest BCUT2D eigenvalue weighted by Gasteiger charge is -2.30. The van der Waals surface area contributed by atoms with Crippen LogP contribution in [0.25, 0.3) is 10.9 Å². The highest BCUT2D eigenvalue weighted by atomic mass is 32.2. The first-order valence-corrected chi connectivity index (χ1v) is 11.9. The third kappa shape index (κ3) is 4.24. The van der Waals surface area contributed by atoms with Gasteiger partial charge in [0.25, 0.3) is 9.84 Å². The average Bonchev–Trinajstić information content (AvgIpc) is 3.07. The molecular weight excluding hydrogens is 453 g/mol. The van der Waals surface area contributed by atoms with Crippen LogP contribution in [0.1, 0.15) is 19.4 Å². The summed E-state index contributed by atoms with van der Waals surface area (Å²) in [5, 5.41) is 4.27. The Morgan fingerprint density at radius 2 is 1.76 bits per heavy atom. The van der Waals surface area contributed by atoms with Crippen molar-refractivity contribution in [3.63, 3.8) is 0 Å². The summed E-state index contributed by atoms with van der Waals surface area (Å²) in [6, 6.07) is 12.8. The number of fused-ring (bicyclic) bond motifs is 1. The van der Waals surface area contributed by atoms with Crippen molar-refractivity contribution in [1.29, 1.82) is 0 Å². The van der Waals surface area contributed by atoms with E-state index in [0.29, 0.717) is 25.4 Å². The highest BCUT2D eigenvalue weighted by Crippen LogP contribution is 2.35. The van der Waals surface area contributed by atoms with E-state index in [1.54, 1.807) is 0 Å². The molecule has 1 saturated heterocycles. The Bertz CT molecular complexity index is 1280. The second-order valence-corrected chi connectivity index (χ2v) is 10.7. The van der Waals surface area contributed by atoms with Gasteiger partial charge in [-0.3, -0.25) is 9.88 Å². The first-order chi connectivity index (χ1) is 15.4. The Kier molecular flexibility index (Phi) is 5.78. The molecule has 176 valence electrons. The lowest BCUT2D eigenvalue weighted by molar-refractivity contribution is -0.0436. The maximum atomic E-state index is 12.8. The number of rotatable bonds is 5. The Morgan fingerprint density at radius 1 is 1.09 bits per heavy atom. The molecule has 3 aromatic rings. The third-order valence-electron chi connectivity index (χ3n) is 6.10. The fourth-order valence-electron chi connectivity index (χ4n) is 4.20. The lowest BCUT2D eigenvalue weighted by atomic mass is 10.0. The molecule has 0 radical (unpaired) electrons. The minimum absolute atomic E-state index is 0.230. The molecule has 0 unspecified atom stereocenters. The summed E-state index contributed by atoms with van der Waals surface area (Å²) < 4.78 is 61.8. The second-order valence-electron chi connectivity index (χ2n) is 8.71. The molecule has 1 N–H and O–H groups in total. The zero-order valence-corrected chi connectivity index (χ0v) is 19.3. The van der Waals surface area contributed by atoms with Crippen molar-refractivity contribution < 1.29 is 21.6 Å². The summed E-state index contributed by atoms with van der Waals surface area (Å²) in [5.41, 5.74) is -1.93. The van der Waals surface area contributed by atoms with E-state index < -0.39 is 20.2 Å². The molecule has 0 atom stereocenters. The smallest absolute Gasteiger partial charge is 0.387 e. The molecule has 1 aliphatic rings. The number of hydrogen-bond acceptors (Lipinski definition) is 6. The number of benzene rings is 2. The van der Waals surface area contributed by atoms with Crippen molar-refractivity contribution >= 4 is 32.1 Å². The monoisotopic (exact) mass is 478 g/mol. The fourth-order valence-corrected chi connectivity index (χ4v) is 4.96. The highest BCUT2D eigenvalue weighted by Gasteiger charge is 2.47. The summed E-state index contributed by atoms with van der Waals surface area (Å²) in [6.45, 7) is 6.04. The molecule has 0 bridgehead atoms. The van der Waals surface area contributed by atoms with Crippen LogP contribution in [-0.2, 0) is 16.4 Å². The van der Waals surface area contributed by atoms with Gasteiger partial charge in [0, 0.05) is 42.3 Å². The summed E-state index contributed by atoms with van der Waals surface area (Å²) in [6.07, 6.45) is 1.82. The number of sulfone groups is 1. The number of nitrogens with one attached hydrogen (secondary N) is 1. The number of alkyl halides is 3. The van der Waals surface area contributed by atoms with E-state index in [2.05, 4.69) is 29.0 Å². The van der Waals surface area contributed by atoms with Crippen LogP contribution in [0.15, 0.2) is 59.6 Å². The number of para-hydroxylation sites is 1. The van der Waals surface area contributed by atoms with Gasteiger partial charge in [-0.25, -0.2) is 8.42 Å². The molecule has 33 heavy (non-hydrogen) atoms. The predicted octanol–water partition coefficient (Wildman–Crippen LogP) is 4.63. The second kappa shape index (κ2) is 8.18. The maximum Gasteiger partial charge on any atom is 0.501 e. The Hall–Kier alpha value is -2.85. The van der Waals surface area contributed by atoms with E-state index >= 15 is 0 Å². The van der Waals surface area contributed by atoms with Crippen LogP contribution in [0, 0.1) is 0 Å². The van der Waals surface area contributed by atoms with Crippen LogP contribution in [0.5, 0.6) is 0 Å². The number of anilines is 2. The molecule has 10 heteroatoms. The van der Waals surface area contributed by atoms with Gasteiger partial charge in [0.15, 0.2) is 0 Å². The summed E-state index contributed by atoms with van der Waals surface area (Å²) >= 11 is 0. The normalized spacial score (nSPS) is 17.0. The minimum Gasteiger partial charge on any atom is -0.387 e. The van der Waals surface area contributed by atoms with Gasteiger partial charge in [-0.05, 0) is 44.2 Å². The van der Waals surface area contributed by atoms with Crippen LogP contribution in [0.2, 0.25) is 0 Å². The molecule has 0 saturated carbocycles. The average molecular weight is 479 g/mol. The van der Waals surface area contributed by atoms with Gasteiger partial charge in [0.05, 0.1) is 29.0 Å². The topological polar surface area (TPSA) is 65.5 Å². The van der Waals surface area contributed by atoms with Gasteiger partial charge in [-0.15, -0.1) is 0 Å². The number of halogens is 3. The largest absolute Gasteiger partial charge is 0.501 e. The molecule has 1 aliphatic heterocycles. The van der Waals surface area contributed by atoms with Gasteiger partial charge in [0.1, 0.15) is 0 Å². The summed E-state index contributed by atoms with van der Waals surface area (Å²) in [7, 11) is -3.51. The number of nitrogens with zero attached hydrogens (tertiary/aromatic N) is 3. The van der Waals surface area contributed by atoms with Crippen molar-refractivity contribution in [2.75, 3.05) is 30.5 Å². The van der Waals surface area contributed by atoms with Gasteiger partial charge >= 0.3 is 5.51 Å². The maximum absolute atomic E-state index is 12.8. The van der Waals surface area contributed by atoms with E-state index in [0.717, 1.165) is 34.3 Å². The zero-order valence-electron chi connectivity index (χ0n) is 18.5. The standard InChI is InChI=1S/C23H25F3N4O2S/c1-22(2)14-29(16-8-10-17(11-9-16)33(31,32)23(24,25)26)15-30(22)13-19-18-6-4-5-7-20(18)28-12-21(19)27-3/h4-12,27H,13-15H2,1-3H3. The minimum atomic E-state index is -5.36. The van der Waals surface area contributed by atoms with Crippen LogP contribution in [0.4, 0.5) is 24.5 Å². The van der Waals surface area contributed by atoms with Crippen LogP contribution in [-0.4, -0.2) is 49.6 Å². The Balaban J connectivity index is 1.61. The molecule has 0 aliphatic carbocycles. The van der Waals surface area contributed by atoms with Crippen molar-refractivity contribution in [2.45, 2.75) is 36.3 Å². The summed E-state index contributed by atoms with van der Waals surface area (Å²) in [5.74, 6) is 0. The Labute approximate surface area is 190 Å². The molecule has 0 amide bonds. The van der Waals surface area contributed by atoms with Crippen molar-refractivity contribution in [2.24, 2.45) is 0 Å². The van der Waals surface area contributed by atoms with Gasteiger partial charge in [-0.2, -0.15) is 13.2 Å². The fraction of sp³-hybridized carbons (Fsp3) is 0.348. The van der Waals surface area contributed by atoms with E-state index in [1.807, 2.05) is 42.4 Å². The van der Waals surface area contributed by atoms with Crippen LogP contribution >= 0.6 is 0 Å². The van der Waals surface area contributed by atoms with Crippen molar-refractivity contribution in [1.82, 2.24) is 9.88 Å². The molecule has 1 aromatic heterocycles. The molecule has 0 spiro atoms. The first kappa shape index (κ1) is 23.3. The third-order valence-corrected chi connectivity index (χ3v) is 7.60. The zero-order chi connectivity index (χ0) is 24.0. The van der Waals surface area contributed by atoms with Crippen LogP contribution < -0.4 is 10.2 Å². The molecule has 2 heterocycles. The quantitative estimate of drug-likeness (QED) is 0.577. The predicted molar refractivity (Wildman–Crippen MR) is 123 cm³/mol. The first-order valence-electron chi connectivity index (χ1n) is 10.4. The van der Waals surface area contributed by atoms with Crippen molar-refractivity contribution in [3.05, 3.63) is 60.3 Å². The van der Waals surface area contributed by atoms with Crippen molar-refractivity contribution in [3.8, 4) is 0 Å². The van der Waals surface area contributed by atoms with E-state index in [-0.39, 0.29) is 5.54 Å². The molecular formula is C23H25F3N4O2S. The molecule has 4 rings (SSSR count). The van der Waals surface area contributed by atoms with Gasteiger partial charge in [0.2, 0.25) is 0 Å². The lowest BCUT2D eigenvalue weighted by Crippen LogP contribution is -2.39. The number of hydrogen-bond donors (Lipinski definition) is 1. The molecule has 2 aromatic carbocycles. The van der Waals surface area contributed by atoms with Crippen LogP contribution in [0.3, 0.4) is 0 Å². The van der Waals surface area contributed by atoms with Gasteiger partial charge < -0.3 is 10.2 Å². The number of aromatic nitrogens is 1. The summed E-state index contributed by atoms with van der Waals surface area (Å²) in [4.78, 5) is 8.08. The SMILES string of the molecule is CNc1cnc2ccccc2c1CN1CN(c2ccc(S(=O)(=O)C(F)(F)F)cc2)CC1(C)C. The van der Waals surface area contributed by atoms with E-state index in [9.17, 15) is 21.6 Å². The number of pyridine rings is 1. The van der Waals surface area contributed by atoms with E-state index in [4.69, 9.17) is 0 Å². The van der Waals surface area contributed by atoms with Gasteiger partial charge in [-0.1, -0.05) is 18.2 Å².